The number of halogens is 1. The summed E-state index contributed by atoms with van der Waals surface area (Å²) in [4.78, 5) is 12.0. The van der Waals surface area contributed by atoms with Gasteiger partial charge in [-0.3, -0.25) is 4.79 Å². The summed E-state index contributed by atoms with van der Waals surface area (Å²) < 4.78 is 27.4. The van der Waals surface area contributed by atoms with Crippen LogP contribution < -0.4 is 10.0 Å². The van der Waals surface area contributed by atoms with Crippen LogP contribution in [0.15, 0.2) is 33.6 Å². The minimum atomic E-state index is -3.57. The van der Waals surface area contributed by atoms with E-state index in [2.05, 4.69) is 39.8 Å². The van der Waals surface area contributed by atoms with E-state index in [-0.39, 0.29) is 29.8 Å². The molecule has 0 saturated carbocycles. The van der Waals surface area contributed by atoms with Crippen molar-refractivity contribution in [2.75, 3.05) is 6.54 Å². The highest BCUT2D eigenvalue weighted by Gasteiger charge is 2.14. The quantitative estimate of drug-likeness (QED) is 0.663. The molecular weight excluding hydrogens is 380 g/mol. The number of carbonyl (C=O) groups is 1. The molecule has 0 aliphatic heterocycles. The first-order valence-electron chi connectivity index (χ1n) is 7.75. The van der Waals surface area contributed by atoms with E-state index in [1.807, 2.05) is 6.92 Å². The van der Waals surface area contributed by atoms with Crippen LogP contribution in [-0.4, -0.2) is 26.9 Å². The lowest BCUT2D eigenvalue weighted by Crippen LogP contribution is -2.35. The topological polar surface area (TPSA) is 75.3 Å². The molecule has 0 aromatic heterocycles. The van der Waals surface area contributed by atoms with E-state index >= 15 is 0 Å². The van der Waals surface area contributed by atoms with Gasteiger partial charge in [0.15, 0.2) is 0 Å². The Hall–Kier alpha value is -0.920. The first kappa shape index (κ1) is 20.1. The number of nitrogens with one attached hydrogen (secondary N) is 2. The molecule has 0 spiro atoms. The summed E-state index contributed by atoms with van der Waals surface area (Å²) in [6.45, 7) is 6.34. The van der Waals surface area contributed by atoms with Crippen molar-refractivity contribution in [3.63, 3.8) is 0 Å². The molecule has 1 atom stereocenters. The van der Waals surface area contributed by atoms with Gasteiger partial charge in [-0.15, -0.1) is 0 Å². The van der Waals surface area contributed by atoms with E-state index in [1.165, 1.54) is 12.1 Å². The largest absolute Gasteiger partial charge is 0.354 e. The molecule has 0 aliphatic carbocycles. The van der Waals surface area contributed by atoms with Crippen LogP contribution in [0.25, 0.3) is 0 Å². The van der Waals surface area contributed by atoms with Crippen molar-refractivity contribution < 1.29 is 13.2 Å². The van der Waals surface area contributed by atoms with Crippen LogP contribution in [0.3, 0.4) is 0 Å². The maximum Gasteiger partial charge on any atom is 0.240 e. The van der Waals surface area contributed by atoms with E-state index < -0.39 is 10.0 Å². The van der Waals surface area contributed by atoms with Crippen molar-refractivity contribution in [2.24, 2.45) is 5.92 Å². The molecule has 1 amide bonds. The number of hydrogen-bond acceptors (Lipinski definition) is 3. The lowest BCUT2D eigenvalue weighted by atomic mass is 10.0. The Morgan fingerprint density at radius 1 is 1.13 bits per heavy atom. The van der Waals surface area contributed by atoms with Crippen LogP contribution in [-0.2, 0) is 14.8 Å². The van der Waals surface area contributed by atoms with Gasteiger partial charge in [0.1, 0.15) is 0 Å². The third-order valence-electron chi connectivity index (χ3n) is 3.35. The minimum Gasteiger partial charge on any atom is -0.354 e. The van der Waals surface area contributed by atoms with E-state index in [0.29, 0.717) is 5.92 Å². The van der Waals surface area contributed by atoms with E-state index in [0.717, 1.165) is 17.3 Å². The fourth-order valence-corrected chi connectivity index (χ4v) is 3.29. The second kappa shape index (κ2) is 9.39. The molecule has 1 aromatic carbocycles. The lowest BCUT2D eigenvalue weighted by Gasteiger charge is -2.15. The summed E-state index contributed by atoms with van der Waals surface area (Å²) in [7, 11) is -3.57. The van der Waals surface area contributed by atoms with Gasteiger partial charge in [0.25, 0.3) is 0 Å². The van der Waals surface area contributed by atoms with Crippen molar-refractivity contribution >= 4 is 31.9 Å². The normalized spacial score (nSPS) is 13.1. The Morgan fingerprint density at radius 2 is 1.74 bits per heavy atom. The van der Waals surface area contributed by atoms with Crippen molar-refractivity contribution in [1.82, 2.24) is 10.0 Å². The van der Waals surface area contributed by atoms with Crippen molar-refractivity contribution in [1.29, 1.82) is 0 Å². The number of hydrogen-bond donors (Lipinski definition) is 2. The van der Waals surface area contributed by atoms with Crippen LogP contribution in [0.4, 0.5) is 0 Å². The Bertz CT molecular complexity index is 600. The fraction of sp³-hybridized carbons (Fsp3) is 0.562. The van der Waals surface area contributed by atoms with Crippen molar-refractivity contribution in [3.05, 3.63) is 28.7 Å². The molecule has 0 fully saturated rings. The second-order valence-electron chi connectivity index (χ2n) is 6.04. The summed E-state index contributed by atoms with van der Waals surface area (Å²) in [6.07, 6.45) is 2.10. The van der Waals surface area contributed by atoms with Gasteiger partial charge >= 0.3 is 0 Å². The molecule has 130 valence electrons. The summed E-state index contributed by atoms with van der Waals surface area (Å²) in [6, 6.07) is 6.46. The molecule has 7 heteroatoms. The monoisotopic (exact) mass is 404 g/mol. The Labute approximate surface area is 147 Å². The predicted molar refractivity (Wildman–Crippen MR) is 95.6 cm³/mol. The lowest BCUT2D eigenvalue weighted by molar-refractivity contribution is -0.121. The average Bonchev–Trinajstić information content (AvgIpc) is 2.45. The molecule has 1 unspecified atom stereocenters. The summed E-state index contributed by atoms with van der Waals surface area (Å²) >= 11 is 3.26. The third-order valence-corrected chi connectivity index (χ3v) is 5.36. The zero-order valence-electron chi connectivity index (χ0n) is 13.8. The van der Waals surface area contributed by atoms with E-state index in [1.54, 1.807) is 12.1 Å². The average molecular weight is 405 g/mol. The minimum absolute atomic E-state index is 0.0845. The molecule has 0 heterocycles. The summed E-state index contributed by atoms with van der Waals surface area (Å²) in [5.41, 5.74) is 0. The van der Waals surface area contributed by atoms with Crippen LogP contribution in [0.2, 0.25) is 0 Å². The first-order chi connectivity index (χ1) is 10.7. The molecule has 0 bridgehead atoms. The Morgan fingerprint density at radius 3 is 2.30 bits per heavy atom. The number of sulfonamides is 1. The number of carbonyl (C=O) groups excluding carboxylic acids is 1. The molecule has 1 aromatic rings. The third kappa shape index (κ3) is 7.94. The van der Waals surface area contributed by atoms with Crippen LogP contribution >= 0.6 is 15.9 Å². The highest BCUT2D eigenvalue weighted by molar-refractivity contribution is 9.10. The molecule has 2 N–H and O–H groups in total. The molecular formula is C16H25BrN2O3S. The predicted octanol–water partition coefficient (Wildman–Crippen LogP) is 3.06. The summed E-state index contributed by atoms with van der Waals surface area (Å²) in [5, 5.41) is 2.89. The number of benzene rings is 1. The van der Waals surface area contributed by atoms with Gasteiger partial charge in [-0.1, -0.05) is 29.8 Å². The SMILES string of the molecule is CC(C)CCC(C)NC(=O)CCNS(=O)(=O)c1ccc(Br)cc1. The zero-order chi connectivity index (χ0) is 17.5. The van der Waals surface area contributed by atoms with E-state index in [4.69, 9.17) is 0 Å². The molecule has 5 nitrogen and oxygen atoms in total. The highest BCUT2D eigenvalue weighted by Crippen LogP contribution is 2.14. The maximum absolute atomic E-state index is 12.1. The van der Waals surface area contributed by atoms with Gasteiger partial charge in [-0.25, -0.2) is 13.1 Å². The zero-order valence-corrected chi connectivity index (χ0v) is 16.2. The number of amides is 1. The van der Waals surface area contributed by atoms with Crippen molar-refractivity contribution in [3.8, 4) is 0 Å². The molecule has 0 radical (unpaired) electrons. The first-order valence-corrected chi connectivity index (χ1v) is 10.0. The molecule has 0 aliphatic rings. The van der Waals surface area contributed by atoms with Crippen LogP contribution in [0, 0.1) is 5.92 Å². The van der Waals surface area contributed by atoms with E-state index in [9.17, 15) is 13.2 Å². The molecule has 0 saturated heterocycles. The smallest absolute Gasteiger partial charge is 0.240 e. The number of rotatable bonds is 9. The fourth-order valence-electron chi connectivity index (χ4n) is 2.00. The standard InChI is InChI=1S/C16H25BrN2O3S/c1-12(2)4-5-13(3)19-16(20)10-11-18-23(21,22)15-8-6-14(17)7-9-15/h6-9,12-13,18H,4-5,10-11H2,1-3H3,(H,19,20). The molecule has 1 rings (SSSR count). The second-order valence-corrected chi connectivity index (χ2v) is 8.72. The van der Waals surface area contributed by atoms with Gasteiger partial charge in [-0.2, -0.15) is 0 Å². The van der Waals surface area contributed by atoms with Gasteiger partial charge in [0, 0.05) is 23.5 Å². The van der Waals surface area contributed by atoms with Gasteiger partial charge in [-0.05, 0) is 49.9 Å². The van der Waals surface area contributed by atoms with Gasteiger partial charge in [0.2, 0.25) is 15.9 Å². The van der Waals surface area contributed by atoms with Gasteiger partial charge < -0.3 is 5.32 Å². The highest BCUT2D eigenvalue weighted by atomic mass is 79.9. The Balaban J connectivity index is 2.38. The van der Waals surface area contributed by atoms with Gasteiger partial charge in [0.05, 0.1) is 4.90 Å². The molecule has 23 heavy (non-hydrogen) atoms. The summed E-state index contributed by atoms with van der Waals surface area (Å²) in [5.74, 6) is 0.465. The Kier molecular flexibility index (Phi) is 8.22. The van der Waals surface area contributed by atoms with Crippen molar-refractivity contribution in [2.45, 2.75) is 51.0 Å². The van der Waals surface area contributed by atoms with Crippen LogP contribution in [0.5, 0.6) is 0 Å². The maximum atomic E-state index is 12.1. The van der Waals surface area contributed by atoms with Crippen LogP contribution in [0.1, 0.15) is 40.0 Å².